The van der Waals surface area contributed by atoms with E-state index in [9.17, 15) is 9.50 Å². The third-order valence-corrected chi connectivity index (χ3v) is 2.73. The number of halogens is 1. The van der Waals surface area contributed by atoms with E-state index in [0.29, 0.717) is 5.95 Å². The fraction of sp³-hybridized carbons (Fsp3) is 0.636. The van der Waals surface area contributed by atoms with Crippen LogP contribution in [0.1, 0.15) is 18.9 Å². The van der Waals surface area contributed by atoms with E-state index in [1.54, 1.807) is 17.3 Å². The van der Waals surface area contributed by atoms with Gasteiger partial charge in [-0.3, -0.25) is 0 Å². The van der Waals surface area contributed by atoms with Gasteiger partial charge in [-0.15, -0.1) is 0 Å². The molecule has 0 bridgehead atoms. The fourth-order valence-electron chi connectivity index (χ4n) is 1.84. The van der Waals surface area contributed by atoms with Crippen LogP contribution in [0.2, 0.25) is 0 Å². The van der Waals surface area contributed by atoms with Crippen LogP contribution in [0.5, 0.6) is 0 Å². The van der Waals surface area contributed by atoms with E-state index < -0.39 is 12.3 Å². The summed E-state index contributed by atoms with van der Waals surface area (Å²) in [6.07, 6.45) is 3.43. The number of hydrogen-bond donors (Lipinski definition) is 1. The standard InChI is InChI=1S/C11H16FN3O/c1-2-3-8-4-13-11(14-5-8)15-6-9(12)10(16)7-15/h4-5,9-10,16H,2-3,6-7H2,1H3/t9-,10-/m1/s1. The van der Waals surface area contributed by atoms with Gasteiger partial charge < -0.3 is 10.0 Å². The molecule has 1 aliphatic rings. The van der Waals surface area contributed by atoms with Gasteiger partial charge in [-0.1, -0.05) is 13.3 Å². The third-order valence-electron chi connectivity index (χ3n) is 2.73. The predicted octanol–water partition coefficient (Wildman–Crippen LogP) is 0.948. The van der Waals surface area contributed by atoms with E-state index in [2.05, 4.69) is 16.9 Å². The molecule has 1 saturated heterocycles. The highest BCUT2D eigenvalue weighted by atomic mass is 19.1. The molecular weight excluding hydrogens is 209 g/mol. The lowest BCUT2D eigenvalue weighted by atomic mass is 10.2. The van der Waals surface area contributed by atoms with Crippen molar-refractivity contribution in [2.75, 3.05) is 18.0 Å². The second-order valence-corrected chi connectivity index (χ2v) is 4.13. The lowest BCUT2D eigenvalue weighted by Gasteiger charge is -2.14. The first-order valence-corrected chi connectivity index (χ1v) is 5.58. The number of nitrogens with zero attached hydrogens (tertiary/aromatic N) is 3. The summed E-state index contributed by atoms with van der Waals surface area (Å²) in [4.78, 5) is 10.0. The van der Waals surface area contributed by atoms with Crippen LogP contribution in [0.3, 0.4) is 0 Å². The van der Waals surface area contributed by atoms with Gasteiger partial charge in [0.15, 0.2) is 0 Å². The molecular formula is C11H16FN3O. The Labute approximate surface area is 94.1 Å². The topological polar surface area (TPSA) is 49.2 Å². The molecule has 0 radical (unpaired) electrons. The molecule has 88 valence electrons. The van der Waals surface area contributed by atoms with Gasteiger partial charge in [0.1, 0.15) is 12.3 Å². The third kappa shape index (κ3) is 2.29. The molecule has 2 atom stereocenters. The molecule has 0 saturated carbocycles. The van der Waals surface area contributed by atoms with Crippen molar-refractivity contribution in [3.8, 4) is 0 Å². The average molecular weight is 225 g/mol. The Hall–Kier alpha value is -1.23. The van der Waals surface area contributed by atoms with Gasteiger partial charge in [-0.05, 0) is 12.0 Å². The number of aryl methyl sites for hydroxylation is 1. The zero-order valence-corrected chi connectivity index (χ0v) is 9.30. The van der Waals surface area contributed by atoms with E-state index in [1.165, 1.54) is 0 Å². The number of alkyl halides is 1. The Morgan fingerprint density at radius 1 is 1.44 bits per heavy atom. The number of rotatable bonds is 3. The van der Waals surface area contributed by atoms with E-state index >= 15 is 0 Å². The summed E-state index contributed by atoms with van der Waals surface area (Å²) in [6.45, 7) is 2.54. The number of aliphatic hydroxyl groups is 1. The second kappa shape index (κ2) is 4.74. The van der Waals surface area contributed by atoms with Crippen LogP contribution < -0.4 is 4.90 Å². The number of aliphatic hydroxyl groups excluding tert-OH is 1. The van der Waals surface area contributed by atoms with Crippen molar-refractivity contribution < 1.29 is 9.50 Å². The number of hydrogen-bond acceptors (Lipinski definition) is 4. The summed E-state index contributed by atoms with van der Waals surface area (Å²) in [7, 11) is 0. The molecule has 2 rings (SSSR count). The molecule has 1 fully saturated rings. The van der Waals surface area contributed by atoms with Crippen molar-refractivity contribution in [3.05, 3.63) is 18.0 Å². The molecule has 1 aromatic heterocycles. The van der Waals surface area contributed by atoms with Crippen LogP contribution in [0.15, 0.2) is 12.4 Å². The van der Waals surface area contributed by atoms with Crippen LogP contribution in [0, 0.1) is 0 Å². The Kier molecular flexibility index (Phi) is 3.33. The highest BCUT2D eigenvalue weighted by Crippen LogP contribution is 2.18. The minimum absolute atomic E-state index is 0.175. The molecule has 5 heteroatoms. The van der Waals surface area contributed by atoms with Crippen molar-refractivity contribution >= 4 is 5.95 Å². The van der Waals surface area contributed by atoms with Crippen LogP contribution >= 0.6 is 0 Å². The normalized spacial score (nSPS) is 25.1. The zero-order chi connectivity index (χ0) is 11.5. The Bertz CT molecular complexity index is 334. The molecule has 0 amide bonds. The van der Waals surface area contributed by atoms with E-state index in [0.717, 1.165) is 18.4 Å². The molecule has 2 heterocycles. The molecule has 0 spiro atoms. The van der Waals surface area contributed by atoms with Gasteiger partial charge >= 0.3 is 0 Å². The number of anilines is 1. The highest BCUT2D eigenvalue weighted by molar-refractivity contribution is 5.33. The summed E-state index contributed by atoms with van der Waals surface area (Å²) < 4.78 is 13.1. The second-order valence-electron chi connectivity index (χ2n) is 4.13. The van der Waals surface area contributed by atoms with Gasteiger partial charge in [0.05, 0.1) is 6.54 Å². The summed E-state index contributed by atoms with van der Waals surface area (Å²) in [5.41, 5.74) is 1.09. The van der Waals surface area contributed by atoms with Crippen molar-refractivity contribution in [3.63, 3.8) is 0 Å². The first kappa shape index (κ1) is 11.3. The minimum atomic E-state index is -1.20. The van der Waals surface area contributed by atoms with Crippen molar-refractivity contribution in [1.29, 1.82) is 0 Å². The van der Waals surface area contributed by atoms with Crippen molar-refractivity contribution in [2.45, 2.75) is 32.0 Å². The van der Waals surface area contributed by atoms with Crippen LogP contribution in [-0.4, -0.2) is 40.4 Å². The van der Waals surface area contributed by atoms with Crippen LogP contribution in [-0.2, 0) is 6.42 Å². The van der Waals surface area contributed by atoms with Gasteiger partial charge in [-0.25, -0.2) is 14.4 Å². The fourth-order valence-corrected chi connectivity index (χ4v) is 1.84. The van der Waals surface area contributed by atoms with Gasteiger partial charge in [-0.2, -0.15) is 0 Å². The Morgan fingerprint density at radius 2 is 2.12 bits per heavy atom. The molecule has 1 aromatic rings. The first-order chi connectivity index (χ1) is 7.70. The maximum Gasteiger partial charge on any atom is 0.225 e. The van der Waals surface area contributed by atoms with Crippen LogP contribution in [0.4, 0.5) is 10.3 Å². The molecule has 1 aliphatic heterocycles. The van der Waals surface area contributed by atoms with Gasteiger partial charge in [0, 0.05) is 18.9 Å². The Morgan fingerprint density at radius 3 is 2.62 bits per heavy atom. The first-order valence-electron chi connectivity index (χ1n) is 5.58. The van der Waals surface area contributed by atoms with E-state index in [1.807, 2.05) is 0 Å². The van der Waals surface area contributed by atoms with Crippen molar-refractivity contribution in [1.82, 2.24) is 9.97 Å². The van der Waals surface area contributed by atoms with Crippen LogP contribution in [0.25, 0.3) is 0 Å². The monoisotopic (exact) mass is 225 g/mol. The summed E-state index contributed by atoms with van der Waals surface area (Å²) in [5, 5.41) is 9.30. The lowest BCUT2D eigenvalue weighted by molar-refractivity contribution is 0.118. The zero-order valence-electron chi connectivity index (χ0n) is 9.30. The molecule has 0 aliphatic carbocycles. The predicted molar refractivity (Wildman–Crippen MR) is 59.1 cm³/mol. The average Bonchev–Trinajstić information content (AvgIpc) is 2.61. The maximum atomic E-state index is 13.1. The quantitative estimate of drug-likeness (QED) is 0.832. The SMILES string of the molecule is CCCc1cnc(N2C[C@@H](O)[C@H](F)C2)nc1. The lowest BCUT2D eigenvalue weighted by Crippen LogP contribution is -2.23. The van der Waals surface area contributed by atoms with Gasteiger partial charge in [0.2, 0.25) is 5.95 Å². The largest absolute Gasteiger partial charge is 0.388 e. The summed E-state index contributed by atoms with van der Waals surface area (Å²) in [6, 6.07) is 0. The summed E-state index contributed by atoms with van der Waals surface area (Å²) >= 11 is 0. The molecule has 4 nitrogen and oxygen atoms in total. The Balaban J connectivity index is 2.05. The van der Waals surface area contributed by atoms with E-state index in [4.69, 9.17) is 0 Å². The van der Waals surface area contributed by atoms with E-state index in [-0.39, 0.29) is 13.1 Å². The number of β-amino-alcohol motifs (C(OH)–C–C–N with tert-alkyl or cyclic N) is 1. The molecule has 16 heavy (non-hydrogen) atoms. The molecule has 1 N–H and O–H groups in total. The van der Waals surface area contributed by atoms with Gasteiger partial charge in [0.25, 0.3) is 0 Å². The maximum absolute atomic E-state index is 13.1. The smallest absolute Gasteiger partial charge is 0.225 e. The summed E-state index contributed by atoms with van der Waals surface area (Å²) in [5.74, 6) is 0.499. The number of aromatic nitrogens is 2. The minimum Gasteiger partial charge on any atom is -0.388 e. The molecule has 0 aromatic carbocycles. The molecule has 0 unspecified atom stereocenters. The highest BCUT2D eigenvalue weighted by Gasteiger charge is 2.32. The van der Waals surface area contributed by atoms with Crippen molar-refractivity contribution in [2.24, 2.45) is 0 Å².